The lowest BCUT2D eigenvalue weighted by Crippen LogP contribution is -2.40. The standard InChI is InChI=1S/C9H18F2/c1-6-8(4,5)9(10,11)7(2)3/h7H,6H2,1-5H3. The van der Waals surface area contributed by atoms with Crippen LogP contribution < -0.4 is 0 Å². The quantitative estimate of drug-likeness (QED) is 0.596. The van der Waals surface area contributed by atoms with Crippen molar-refractivity contribution >= 4 is 0 Å². The molecule has 0 radical (unpaired) electrons. The Morgan fingerprint density at radius 3 is 1.64 bits per heavy atom. The van der Waals surface area contributed by atoms with Crippen LogP contribution in [0.15, 0.2) is 0 Å². The molecule has 0 aromatic heterocycles. The van der Waals surface area contributed by atoms with Crippen LogP contribution in [0.5, 0.6) is 0 Å². The minimum absolute atomic E-state index is 0.512. The Bertz CT molecular complexity index is 126. The summed E-state index contributed by atoms with van der Waals surface area (Å²) in [6, 6.07) is 0. The van der Waals surface area contributed by atoms with Gasteiger partial charge in [0.2, 0.25) is 0 Å². The summed E-state index contributed by atoms with van der Waals surface area (Å²) in [4.78, 5) is 0. The molecular formula is C9H18F2. The third kappa shape index (κ3) is 1.91. The fourth-order valence-corrected chi connectivity index (χ4v) is 1.02. The third-order valence-electron chi connectivity index (χ3n) is 2.51. The molecule has 0 aliphatic carbocycles. The first-order chi connectivity index (χ1) is 4.75. The van der Waals surface area contributed by atoms with E-state index in [4.69, 9.17) is 0 Å². The van der Waals surface area contributed by atoms with Gasteiger partial charge in [0.25, 0.3) is 5.92 Å². The van der Waals surface area contributed by atoms with Crippen LogP contribution >= 0.6 is 0 Å². The van der Waals surface area contributed by atoms with Crippen molar-refractivity contribution in [3.63, 3.8) is 0 Å². The maximum atomic E-state index is 13.3. The Morgan fingerprint density at radius 2 is 1.55 bits per heavy atom. The van der Waals surface area contributed by atoms with Gasteiger partial charge in [-0.3, -0.25) is 0 Å². The zero-order valence-electron chi connectivity index (χ0n) is 8.04. The average Bonchev–Trinajstić information content (AvgIpc) is 1.87. The van der Waals surface area contributed by atoms with E-state index in [2.05, 4.69) is 0 Å². The van der Waals surface area contributed by atoms with Gasteiger partial charge in [0.15, 0.2) is 0 Å². The van der Waals surface area contributed by atoms with Gasteiger partial charge in [-0.15, -0.1) is 0 Å². The van der Waals surface area contributed by atoms with E-state index >= 15 is 0 Å². The third-order valence-corrected chi connectivity index (χ3v) is 2.51. The second-order valence-corrected chi connectivity index (χ2v) is 4.02. The molecule has 0 spiro atoms. The van der Waals surface area contributed by atoms with Crippen LogP contribution in [0.4, 0.5) is 8.78 Å². The van der Waals surface area contributed by atoms with E-state index in [1.165, 1.54) is 0 Å². The highest BCUT2D eigenvalue weighted by atomic mass is 19.3. The number of halogens is 2. The molecule has 68 valence electrons. The summed E-state index contributed by atoms with van der Waals surface area (Å²) in [5.74, 6) is -3.13. The number of alkyl halides is 2. The predicted molar refractivity (Wildman–Crippen MR) is 43.9 cm³/mol. The van der Waals surface area contributed by atoms with Crippen molar-refractivity contribution in [2.75, 3.05) is 0 Å². The SMILES string of the molecule is CCC(C)(C)C(F)(F)C(C)C. The van der Waals surface area contributed by atoms with Crippen molar-refractivity contribution in [3.05, 3.63) is 0 Å². The van der Waals surface area contributed by atoms with Gasteiger partial charge in [-0.2, -0.15) is 0 Å². The van der Waals surface area contributed by atoms with Gasteiger partial charge >= 0.3 is 0 Å². The highest BCUT2D eigenvalue weighted by Gasteiger charge is 2.47. The van der Waals surface area contributed by atoms with Crippen LogP contribution in [0.3, 0.4) is 0 Å². The van der Waals surface area contributed by atoms with Gasteiger partial charge in [-0.25, -0.2) is 8.78 Å². The molecule has 0 aliphatic rings. The first-order valence-corrected chi connectivity index (χ1v) is 4.13. The van der Waals surface area contributed by atoms with Crippen molar-refractivity contribution in [1.82, 2.24) is 0 Å². The first kappa shape index (κ1) is 10.9. The summed E-state index contributed by atoms with van der Waals surface area (Å²) < 4.78 is 26.6. The molecule has 0 fully saturated rings. The molecule has 0 unspecified atom stereocenters. The predicted octanol–water partition coefficient (Wildman–Crippen LogP) is 3.71. The Kier molecular flexibility index (Phi) is 3.04. The second kappa shape index (κ2) is 3.08. The van der Waals surface area contributed by atoms with E-state index in [1.807, 2.05) is 0 Å². The highest BCUT2D eigenvalue weighted by Crippen LogP contribution is 2.43. The molecule has 2 heteroatoms. The minimum atomic E-state index is -2.55. The Hall–Kier alpha value is -0.140. The fourth-order valence-electron chi connectivity index (χ4n) is 1.02. The summed E-state index contributed by atoms with van der Waals surface area (Å²) in [5, 5.41) is 0. The molecule has 11 heavy (non-hydrogen) atoms. The zero-order chi connectivity index (χ0) is 9.28. The molecule has 0 nitrogen and oxygen atoms in total. The van der Waals surface area contributed by atoms with Crippen LogP contribution in [0.2, 0.25) is 0 Å². The van der Waals surface area contributed by atoms with Gasteiger partial charge in [-0.05, 0) is 6.42 Å². The second-order valence-electron chi connectivity index (χ2n) is 4.02. The molecule has 0 amide bonds. The molecule has 0 atom stereocenters. The normalized spacial score (nSPS) is 14.2. The molecule has 0 bridgehead atoms. The van der Waals surface area contributed by atoms with Gasteiger partial charge in [0.05, 0.1) is 0 Å². The van der Waals surface area contributed by atoms with Gasteiger partial charge < -0.3 is 0 Å². The van der Waals surface area contributed by atoms with E-state index in [-0.39, 0.29) is 0 Å². The Balaban J connectivity index is 4.53. The van der Waals surface area contributed by atoms with Gasteiger partial charge in [0.1, 0.15) is 0 Å². The molecule has 0 aliphatic heterocycles. The first-order valence-electron chi connectivity index (χ1n) is 4.13. The Morgan fingerprint density at radius 1 is 1.18 bits per heavy atom. The molecule has 0 aromatic carbocycles. The van der Waals surface area contributed by atoms with Crippen molar-refractivity contribution in [2.45, 2.75) is 47.0 Å². The van der Waals surface area contributed by atoms with Crippen LogP contribution in [0.25, 0.3) is 0 Å². The van der Waals surface area contributed by atoms with Crippen LogP contribution in [-0.4, -0.2) is 5.92 Å². The zero-order valence-corrected chi connectivity index (χ0v) is 8.04. The summed E-state index contributed by atoms with van der Waals surface area (Å²) >= 11 is 0. The summed E-state index contributed by atoms with van der Waals surface area (Å²) in [6.07, 6.45) is 0.512. The van der Waals surface area contributed by atoms with Crippen molar-refractivity contribution in [2.24, 2.45) is 11.3 Å². The van der Waals surface area contributed by atoms with Crippen molar-refractivity contribution in [1.29, 1.82) is 0 Å². The monoisotopic (exact) mass is 164 g/mol. The largest absolute Gasteiger partial charge is 0.255 e. The van der Waals surface area contributed by atoms with E-state index in [0.717, 1.165) is 0 Å². The number of hydrogen-bond acceptors (Lipinski definition) is 0. The molecule has 0 N–H and O–H groups in total. The van der Waals surface area contributed by atoms with Gasteiger partial charge in [-0.1, -0.05) is 34.6 Å². The van der Waals surface area contributed by atoms with Crippen molar-refractivity contribution in [3.8, 4) is 0 Å². The summed E-state index contributed by atoms with van der Waals surface area (Å²) in [6.45, 7) is 8.17. The topological polar surface area (TPSA) is 0 Å². The lowest BCUT2D eigenvalue weighted by Gasteiger charge is -2.36. The van der Waals surface area contributed by atoms with Crippen LogP contribution in [0, 0.1) is 11.3 Å². The van der Waals surface area contributed by atoms with E-state index in [1.54, 1.807) is 34.6 Å². The number of hydrogen-bond donors (Lipinski definition) is 0. The summed E-state index contributed by atoms with van der Waals surface area (Å²) in [7, 11) is 0. The summed E-state index contributed by atoms with van der Waals surface area (Å²) in [5.41, 5.74) is -0.874. The minimum Gasteiger partial charge on any atom is -0.206 e. The van der Waals surface area contributed by atoms with Crippen LogP contribution in [-0.2, 0) is 0 Å². The molecule has 0 heterocycles. The lowest BCUT2D eigenvalue weighted by atomic mass is 9.78. The molecule has 0 rings (SSSR count). The lowest BCUT2D eigenvalue weighted by molar-refractivity contribution is -0.141. The van der Waals surface area contributed by atoms with E-state index in [9.17, 15) is 8.78 Å². The van der Waals surface area contributed by atoms with Crippen molar-refractivity contribution < 1.29 is 8.78 Å². The van der Waals surface area contributed by atoms with E-state index < -0.39 is 17.3 Å². The van der Waals surface area contributed by atoms with E-state index in [0.29, 0.717) is 6.42 Å². The molecule has 0 saturated heterocycles. The molecule has 0 saturated carbocycles. The highest BCUT2D eigenvalue weighted by molar-refractivity contribution is 4.86. The van der Waals surface area contributed by atoms with Gasteiger partial charge in [0, 0.05) is 11.3 Å². The average molecular weight is 164 g/mol. The smallest absolute Gasteiger partial charge is 0.206 e. The molecule has 0 aromatic rings. The molecular weight excluding hydrogens is 146 g/mol. The fraction of sp³-hybridized carbons (Fsp3) is 1.00. The van der Waals surface area contributed by atoms with Crippen LogP contribution in [0.1, 0.15) is 41.0 Å². The maximum Gasteiger partial charge on any atom is 0.255 e. The maximum absolute atomic E-state index is 13.3. The Labute approximate surface area is 68.0 Å². The number of rotatable bonds is 3.